The van der Waals surface area contributed by atoms with Crippen molar-refractivity contribution in [2.75, 3.05) is 0 Å². The Morgan fingerprint density at radius 1 is 1.00 bits per heavy atom. The average molecular weight is 410 g/mol. The number of hydrogen-bond acceptors (Lipinski definition) is 3. The predicted octanol–water partition coefficient (Wildman–Crippen LogP) is 3.28. The molecule has 0 atom stereocenters. The number of hydrogen-bond donors (Lipinski definition) is 2. The van der Waals surface area contributed by atoms with Crippen molar-refractivity contribution >= 4 is 11.8 Å². The van der Waals surface area contributed by atoms with Gasteiger partial charge in [-0.15, -0.1) is 0 Å². The molecule has 8 heteroatoms. The van der Waals surface area contributed by atoms with Gasteiger partial charge in [0.1, 0.15) is 0 Å². The summed E-state index contributed by atoms with van der Waals surface area (Å²) in [4.78, 5) is 25.0. The Kier molecular flexibility index (Phi) is 5.31. The number of halogens is 2. The van der Waals surface area contributed by atoms with Crippen LogP contribution in [0.1, 0.15) is 51.0 Å². The summed E-state index contributed by atoms with van der Waals surface area (Å²) >= 11 is 0. The summed E-state index contributed by atoms with van der Waals surface area (Å²) < 4.78 is 28.4. The molecular weight excluding hydrogens is 390 g/mol. The van der Waals surface area contributed by atoms with Crippen LogP contribution in [0.15, 0.2) is 42.5 Å². The van der Waals surface area contributed by atoms with Crippen molar-refractivity contribution in [2.45, 2.75) is 32.6 Å². The Hall–Kier alpha value is -3.55. The van der Waals surface area contributed by atoms with Gasteiger partial charge in [-0.2, -0.15) is 5.10 Å². The lowest BCUT2D eigenvalue weighted by Crippen LogP contribution is -2.42. The van der Waals surface area contributed by atoms with Gasteiger partial charge >= 0.3 is 0 Å². The number of rotatable bonds is 4. The number of carbonyl (C=O) groups excluding carboxylic acids is 2. The van der Waals surface area contributed by atoms with Crippen LogP contribution in [0.3, 0.4) is 0 Å². The zero-order valence-electron chi connectivity index (χ0n) is 16.3. The fourth-order valence-corrected chi connectivity index (χ4v) is 3.59. The van der Waals surface area contributed by atoms with E-state index in [2.05, 4.69) is 16.0 Å². The molecule has 0 fully saturated rings. The average Bonchev–Trinajstić information content (AvgIpc) is 3.37. The van der Waals surface area contributed by atoms with Crippen molar-refractivity contribution in [2.24, 2.45) is 0 Å². The second-order valence-corrected chi connectivity index (χ2v) is 7.10. The monoisotopic (exact) mass is 410 g/mol. The maximum absolute atomic E-state index is 13.7. The lowest BCUT2D eigenvalue weighted by atomic mass is 10.1. The maximum atomic E-state index is 13.7. The van der Waals surface area contributed by atoms with Gasteiger partial charge in [0.15, 0.2) is 17.3 Å². The summed E-state index contributed by atoms with van der Waals surface area (Å²) in [7, 11) is 0. The molecule has 1 aromatic heterocycles. The van der Waals surface area contributed by atoms with Crippen LogP contribution in [-0.2, 0) is 19.3 Å². The Morgan fingerprint density at radius 2 is 1.73 bits per heavy atom. The van der Waals surface area contributed by atoms with E-state index in [1.165, 1.54) is 10.7 Å². The molecule has 3 aromatic rings. The lowest BCUT2D eigenvalue weighted by molar-refractivity contribution is 0.0843. The summed E-state index contributed by atoms with van der Waals surface area (Å²) in [5.41, 5.74) is 8.35. The van der Waals surface area contributed by atoms with E-state index in [0.717, 1.165) is 41.8 Å². The van der Waals surface area contributed by atoms with Crippen LogP contribution < -0.4 is 10.9 Å². The van der Waals surface area contributed by atoms with Crippen LogP contribution in [0.4, 0.5) is 8.78 Å². The molecule has 0 spiro atoms. The number of fused-ring (bicyclic) bond motifs is 1. The fourth-order valence-electron chi connectivity index (χ4n) is 3.59. The second kappa shape index (κ2) is 8.06. The van der Waals surface area contributed by atoms with Gasteiger partial charge in [0.25, 0.3) is 11.8 Å². The van der Waals surface area contributed by atoms with E-state index in [1.54, 1.807) is 12.1 Å². The number of nitrogens with one attached hydrogen (secondary N) is 2. The predicted molar refractivity (Wildman–Crippen MR) is 106 cm³/mol. The number of amides is 2. The summed E-state index contributed by atoms with van der Waals surface area (Å²) in [6.07, 6.45) is 3.01. The normalized spacial score (nSPS) is 12.5. The third kappa shape index (κ3) is 3.68. The summed E-state index contributed by atoms with van der Waals surface area (Å²) in [5.74, 6) is -2.94. The lowest BCUT2D eigenvalue weighted by Gasteiger charge is -2.08. The van der Waals surface area contributed by atoms with Crippen molar-refractivity contribution in [3.63, 3.8) is 0 Å². The number of aromatic nitrogens is 2. The summed E-state index contributed by atoms with van der Waals surface area (Å²) in [6, 6.07) is 10.6. The van der Waals surface area contributed by atoms with Crippen LogP contribution in [0.5, 0.6) is 0 Å². The number of benzene rings is 2. The molecule has 6 nitrogen and oxygen atoms in total. The van der Waals surface area contributed by atoms with E-state index in [1.807, 2.05) is 19.1 Å². The van der Waals surface area contributed by atoms with Gasteiger partial charge in [0.2, 0.25) is 0 Å². The minimum atomic E-state index is -0.984. The van der Waals surface area contributed by atoms with Crippen molar-refractivity contribution in [1.82, 2.24) is 20.6 Å². The van der Waals surface area contributed by atoms with Crippen LogP contribution in [0, 0.1) is 11.6 Å². The van der Waals surface area contributed by atoms with E-state index in [-0.39, 0.29) is 5.69 Å². The molecule has 2 N–H and O–H groups in total. The molecule has 1 aliphatic carbocycles. The van der Waals surface area contributed by atoms with Crippen LogP contribution in [-0.4, -0.2) is 21.6 Å². The van der Waals surface area contributed by atoms with E-state index < -0.39 is 23.4 Å². The first-order valence-corrected chi connectivity index (χ1v) is 9.73. The molecule has 1 heterocycles. The Balaban J connectivity index is 1.53. The highest BCUT2D eigenvalue weighted by Crippen LogP contribution is 2.28. The molecule has 0 unspecified atom stereocenters. The Bertz CT molecular complexity index is 1120. The first-order chi connectivity index (χ1) is 14.5. The van der Waals surface area contributed by atoms with Gasteiger partial charge in [-0.05, 0) is 55.5 Å². The standard InChI is InChI=1S/C22H20F2N4O2/c1-2-13-6-8-14(9-7-13)21(29)25-26-22(30)20-16-4-3-5-19(16)28(27-20)15-10-11-17(23)18(24)12-15/h6-12H,2-5H2,1H3,(H,25,29)(H,26,30). The molecule has 0 aliphatic heterocycles. The minimum absolute atomic E-state index is 0.161. The van der Waals surface area contributed by atoms with Gasteiger partial charge in [-0.25, -0.2) is 13.5 Å². The smallest absolute Gasteiger partial charge is 0.267 e. The largest absolute Gasteiger partial charge is 0.290 e. The van der Waals surface area contributed by atoms with Gasteiger partial charge in [0, 0.05) is 22.9 Å². The van der Waals surface area contributed by atoms with Gasteiger partial charge < -0.3 is 0 Å². The SMILES string of the molecule is CCc1ccc(C(=O)NNC(=O)c2nn(-c3ccc(F)c(F)c3)c3c2CCC3)cc1. The van der Waals surface area contributed by atoms with E-state index in [4.69, 9.17) is 0 Å². The molecule has 0 saturated carbocycles. The maximum Gasteiger partial charge on any atom is 0.290 e. The van der Waals surface area contributed by atoms with Crippen molar-refractivity contribution in [3.05, 3.63) is 82.2 Å². The number of aryl methyl sites for hydroxylation is 1. The number of hydrazine groups is 1. The summed E-state index contributed by atoms with van der Waals surface area (Å²) in [6.45, 7) is 2.02. The molecule has 30 heavy (non-hydrogen) atoms. The van der Waals surface area contributed by atoms with Gasteiger partial charge in [0.05, 0.1) is 5.69 Å². The topological polar surface area (TPSA) is 76.0 Å². The van der Waals surface area contributed by atoms with Crippen LogP contribution in [0.2, 0.25) is 0 Å². The molecule has 0 bridgehead atoms. The number of carbonyl (C=O) groups is 2. The first kappa shape index (κ1) is 19.8. The number of nitrogens with zero attached hydrogens (tertiary/aromatic N) is 2. The Morgan fingerprint density at radius 3 is 2.43 bits per heavy atom. The van der Waals surface area contributed by atoms with Crippen molar-refractivity contribution < 1.29 is 18.4 Å². The van der Waals surface area contributed by atoms with E-state index in [9.17, 15) is 18.4 Å². The van der Waals surface area contributed by atoms with Crippen LogP contribution in [0.25, 0.3) is 5.69 Å². The fraction of sp³-hybridized carbons (Fsp3) is 0.227. The second-order valence-electron chi connectivity index (χ2n) is 7.10. The Labute approximate surface area is 171 Å². The summed E-state index contributed by atoms with van der Waals surface area (Å²) in [5, 5.41) is 4.31. The molecule has 154 valence electrons. The van der Waals surface area contributed by atoms with Crippen molar-refractivity contribution in [1.29, 1.82) is 0 Å². The van der Waals surface area contributed by atoms with Crippen molar-refractivity contribution in [3.8, 4) is 5.69 Å². The molecule has 0 saturated heterocycles. The molecule has 1 aliphatic rings. The zero-order valence-corrected chi connectivity index (χ0v) is 16.3. The highest BCUT2D eigenvalue weighted by Gasteiger charge is 2.27. The molecule has 0 radical (unpaired) electrons. The molecular formula is C22H20F2N4O2. The quantitative estimate of drug-likeness (QED) is 0.648. The third-order valence-corrected chi connectivity index (χ3v) is 5.21. The first-order valence-electron chi connectivity index (χ1n) is 9.73. The van der Waals surface area contributed by atoms with Gasteiger partial charge in [-0.3, -0.25) is 20.4 Å². The third-order valence-electron chi connectivity index (χ3n) is 5.21. The highest BCUT2D eigenvalue weighted by molar-refractivity contribution is 5.99. The van der Waals surface area contributed by atoms with E-state index >= 15 is 0 Å². The van der Waals surface area contributed by atoms with E-state index in [0.29, 0.717) is 24.1 Å². The molecule has 4 rings (SSSR count). The molecule has 2 aromatic carbocycles. The zero-order chi connectivity index (χ0) is 21.3. The van der Waals surface area contributed by atoms with Gasteiger partial charge in [-0.1, -0.05) is 19.1 Å². The highest BCUT2D eigenvalue weighted by atomic mass is 19.2. The molecule has 2 amide bonds. The van der Waals surface area contributed by atoms with Crippen LogP contribution >= 0.6 is 0 Å². The minimum Gasteiger partial charge on any atom is -0.267 e.